The Hall–Kier alpha value is -1.71. The van der Waals surface area contributed by atoms with Gasteiger partial charge in [0.25, 0.3) is 0 Å². The minimum absolute atomic E-state index is 0.250. The monoisotopic (exact) mass is 194 g/mol. The van der Waals surface area contributed by atoms with Gasteiger partial charge in [-0.05, 0) is 24.6 Å². The van der Waals surface area contributed by atoms with Gasteiger partial charge in [-0.1, -0.05) is 0 Å². The molecule has 0 unspecified atom stereocenters. The number of aryl methyl sites for hydroxylation is 1. The highest BCUT2D eigenvalue weighted by molar-refractivity contribution is 5.33. The Bertz CT molecular complexity index is 463. The number of hydrogen-bond acceptors (Lipinski definition) is 1. The topological polar surface area (TPSA) is 17.8 Å². The van der Waals surface area contributed by atoms with Crippen LogP contribution in [-0.4, -0.2) is 9.78 Å². The van der Waals surface area contributed by atoms with Crippen molar-refractivity contribution in [3.63, 3.8) is 0 Å². The highest BCUT2D eigenvalue weighted by Gasteiger charge is 2.06. The van der Waals surface area contributed by atoms with Crippen molar-refractivity contribution in [2.24, 2.45) is 0 Å². The maximum atomic E-state index is 13.2. The van der Waals surface area contributed by atoms with Crippen LogP contribution in [0.15, 0.2) is 30.6 Å². The lowest BCUT2D eigenvalue weighted by Gasteiger charge is -2.02. The summed E-state index contributed by atoms with van der Waals surface area (Å²) in [6.45, 7) is 1.85. The second-order valence-electron chi connectivity index (χ2n) is 3.06. The van der Waals surface area contributed by atoms with Gasteiger partial charge in [0, 0.05) is 12.3 Å². The molecule has 0 saturated heterocycles. The molecule has 0 saturated carbocycles. The quantitative estimate of drug-likeness (QED) is 0.681. The third-order valence-electron chi connectivity index (χ3n) is 1.87. The van der Waals surface area contributed by atoms with Crippen molar-refractivity contribution in [1.82, 2.24) is 9.78 Å². The Labute approximate surface area is 79.8 Å². The second-order valence-corrected chi connectivity index (χ2v) is 3.06. The van der Waals surface area contributed by atoms with Crippen molar-refractivity contribution in [1.29, 1.82) is 0 Å². The molecule has 0 bridgehead atoms. The summed E-state index contributed by atoms with van der Waals surface area (Å²) in [5, 5.41) is 3.93. The van der Waals surface area contributed by atoms with Crippen LogP contribution < -0.4 is 0 Å². The van der Waals surface area contributed by atoms with Crippen LogP contribution in [0, 0.1) is 18.6 Å². The van der Waals surface area contributed by atoms with E-state index in [9.17, 15) is 8.78 Å². The average Bonchev–Trinajstić information content (AvgIpc) is 2.51. The summed E-state index contributed by atoms with van der Waals surface area (Å²) >= 11 is 0. The molecule has 0 aliphatic rings. The first kappa shape index (κ1) is 8.87. The van der Waals surface area contributed by atoms with Crippen molar-refractivity contribution < 1.29 is 8.78 Å². The van der Waals surface area contributed by atoms with E-state index in [0.29, 0.717) is 0 Å². The normalized spacial score (nSPS) is 10.5. The third-order valence-corrected chi connectivity index (χ3v) is 1.87. The third kappa shape index (κ3) is 1.51. The Morgan fingerprint density at radius 1 is 1.29 bits per heavy atom. The summed E-state index contributed by atoms with van der Waals surface area (Å²) in [4.78, 5) is 0. The molecule has 0 radical (unpaired) electrons. The lowest BCUT2D eigenvalue weighted by atomic mass is 10.3. The second kappa shape index (κ2) is 3.21. The molecule has 0 amide bonds. The molecule has 72 valence electrons. The summed E-state index contributed by atoms with van der Waals surface area (Å²) in [6.07, 6.45) is 3.29. The van der Waals surface area contributed by atoms with E-state index >= 15 is 0 Å². The fourth-order valence-corrected chi connectivity index (χ4v) is 1.21. The molecular weight excluding hydrogens is 186 g/mol. The zero-order valence-corrected chi connectivity index (χ0v) is 7.54. The molecule has 14 heavy (non-hydrogen) atoms. The standard InChI is InChI=1S/C10H8F2N2/c1-7-5-13-14(6-7)10-3-2-8(11)4-9(10)12/h2-6H,1H3. The first-order valence-corrected chi connectivity index (χ1v) is 4.13. The minimum Gasteiger partial charge on any atom is -0.238 e. The molecule has 0 N–H and O–H groups in total. The predicted molar refractivity (Wildman–Crippen MR) is 48.2 cm³/mol. The van der Waals surface area contributed by atoms with Crippen molar-refractivity contribution in [3.8, 4) is 5.69 Å². The van der Waals surface area contributed by atoms with Gasteiger partial charge in [-0.2, -0.15) is 5.10 Å². The van der Waals surface area contributed by atoms with Crippen molar-refractivity contribution in [2.45, 2.75) is 6.92 Å². The number of benzene rings is 1. The van der Waals surface area contributed by atoms with Crippen LogP contribution in [0.5, 0.6) is 0 Å². The number of halogens is 2. The average molecular weight is 194 g/mol. The van der Waals surface area contributed by atoms with E-state index in [0.717, 1.165) is 11.6 Å². The maximum Gasteiger partial charge on any atom is 0.151 e. The van der Waals surface area contributed by atoms with E-state index < -0.39 is 11.6 Å². The van der Waals surface area contributed by atoms with Gasteiger partial charge >= 0.3 is 0 Å². The van der Waals surface area contributed by atoms with E-state index in [2.05, 4.69) is 5.10 Å². The van der Waals surface area contributed by atoms with Crippen LogP contribution in [0.25, 0.3) is 5.69 Å². The molecule has 0 fully saturated rings. The van der Waals surface area contributed by atoms with Gasteiger partial charge < -0.3 is 0 Å². The first-order valence-electron chi connectivity index (χ1n) is 4.13. The SMILES string of the molecule is Cc1cnn(-c2ccc(F)cc2F)c1. The summed E-state index contributed by atoms with van der Waals surface area (Å²) < 4.78 is 27.2. The van der Waals surface area contributed by atoms with Crippen molar-refractivity contribution >= 4 is 0 Å². The van der Waals surface area contributed by atoms with Crippen LogP contribution in [-0.2, 0) is 0 Å². The smallest absolute Gasteiger partial charge is 0.151 e. The summed E-state index contributed by atoms with van der Waals surface area (Å²) in [7, 11) is 0. The molecule has 2 nitrogen and oxygen atoms in total. The largest absolute Gasteiger partial charge is 0.238 e. The Balaban J connectivity index is 2.52. The minimum atomic E-state index is -0.617. The highest BCUT2D eigenvalue weighted by atomic mass is 19.1. The lowest BCUT2D eigenvalue weighted by molar-refractivity contribution is 0.573. The van der Waals surface area contributed by atoms with Crippen LogP contribution in [0.4, 0.5) is 8.78 Å². The fraction of sp³-hybridized carbons (Fsp3) is 0.100. The number of nitrogens with zero attached hydrogens (tertiary/aromatic N) is 2. The van der Waals surface area contributed by atoms with Crippen molar-refractivity contribution in [2.75, 3.05) is 0 Å². The molecule has 4 heteroatoms. The zero-order chi connectivity index (χ0) is 10.1. The Morgan fingerprint density at radius 3 is 2.64 bits per heavy atom. The molecule has 0 aliphatic carbocycles. The number of hydrogen-bond donors (Lipinski definition) is 0. The van der Waals surface area contributed by atoms with E-state index in [1.54, 1.807) is 12.4 Å². The van der Waals surface area contributed by atoms with Gasteiger partial charge in [-0.3, -0.25) is 0 Å². The molecule has 0 atom stereocenters. The van der Waals surface area contributed by atoms with Crippen LogP contribution >= 0.6 is 0 Å². The maximum absolute atomic E-state index is 13.2. The van der Waals surface area contributed by atoms with Gasteiger partial charge in [-0.25, -0.2) is 13.5 Å². The van der Waals surface area contributed by atoms with Gasteiger partial charge in [0.1, 0.15) is 11.5 Å². The molecular formula is C10H8F2N2. The van der Waals surface area contributed by atoms with E-state index in [4.69, 9.17) is 0 Å². The Morgan fingerprint density at radius 2 is 2.07 bits per heavy atom. The molecule has 2 rings (SSSR count). The molecule has 1 aromatic carbocycles. The van der Waals surface area contributed by atoms with Gasteiger partial charge in [0.05, 0.1) is 6.20 Å². The van der Waals surface area contributed by atoms with Crippen molar-refractivity contribution in [3.05, 3.63) is 47.8 Å². The fourth-order valence-electron chi connectivity index (χ4n) is 1.21. The van der Waals surface area contributed by atoms with E-state index in [-0.39, 0.29) is 5.69 Å². The Kier molecular flexibility index (Phi) is 2.04. The molecule has 2 aromatic rings. The van der Waals surface area contributed by atoms with Gasteiger partial charge in [0.15, 0.2) is 5.82 Å². The summed E-state index contributed by atoms with van der Waals surface area (Å²) in [6, 6.07) is 3.40. The number of rotatable bonds is 1. The van der Waals surface area contributed by atoms with Crippen LogP contribution in [0.2, 0.25) is 0 Å². The van der Waals surface area contributed by atoms with Gasteiger partial charge in [0.2, 0.25) is 0 Å². The van der Waals surface area contributed by atoms with Crippen LogP contribution in [0.3, 0.4) is 0 Å². The van der Waals surface area contributed by atoms with Crippen LogP contribution in [0.1, 0.15) is 5.56 Å². The highest BCUT2D eigenvalue weighted by Crippen LogP contribution is 2.14. The zero-order valence-electron chi connectivity index (χ0n) is 7.54. The molecule has 0 aliphatic heterocycles. The van der Waals surface area contributed by atoms with E-state index in [1.165, 1.54) is 16.8 Å². The molecule has 0 spiro atoms. The predicted octanol–water partition coefficient (Wildman–Crippen LogP) is 2.46. The summed E-state index contributed by atoms with van der Waals surface area (Å²) in [5.74, 6) is -1.21. The lowest BCUT2D eigenvalue weighted by Crippen LogP contribution is -1.98. The summed E-state index contributed by atoms with van der Waals surface area (Å²) in [5.41, 5.74) is 1.17. The molecule has 1 heterocycles. The number of aromatic nitrogens is 2. The first-order chi connectivity index (χ1) is 6.66. The van der Waals surface area contributed by atoms with Gasteiger partial charge in [-0.15, -0.1) is 0 Å². The van der Waals surface area contributed by atoms with E-state index in [1.807, 2.05) is 6.92 Å². The molecule has 1 aromatic heterocycles.